The lowest BCUT2D eigenvalue weighted by Gasteiger charge is -2.09. The average Bonchev–Trinajstić information content (AvgIpc) is 2.38. The molecule has 0 saturated carbocycles. The van der Waals surface area contributed by atoms with Gasteiger partial charge in [0.2, 0.25) is 0 Å². The van der Waals surface area contributed by atoms with Crippen LogP contribution >= 0.6 is 0 Å². The van der Waals surface area contributed by atoms with Crippen molar-refractivity contribution >= 4 is 17.3 Å². The van der Waals surface area contributed by atoms with Crippen LogP contribution in [0, 0.1) is 10.1 Å². The lowest BCUT2D eigenvalue weighted by atomic mass is 10.2. The van der Waals surface area contributed by atoms with E-state index < -0.39 is 10.8 Å². The predicted octanol–water partition coefficient (Wildman–Crippen LogP) is 2.07. The number of nitro benzene ring substituents is 1. The number of amides is 1. The van der Waals surface area contributed by atoms with Crippen molar-refractivity contribution in [1.82, 2.24) is 0 Å². The van der Waals surface area contributed by atoms with Gasteiger partial charge < -0.3 is 16.2 Å². The van der Waals surface area contributed by atoms with Gasteiger partial charge in [0, 0.05) is 12.1 Å². The van der Waals surface area contributed by atoms with Crippen molar-refractivity contribution in [3.63, 3.8) is 0 Å². The van der Waals surface area contributed by atoms with E-state index in [4.69, 9.17) is 16.2 Å². The number of anilines is 1. The maximum absolute atomic E-state index is 11.3. The van der Waals surface area contributed by atoms with Crippen LogP contribution in [0.5, 0.6) is 11.5 Å². The van der Waals surface area contributed by atoms with Gasteiger partial charge in [-0.25, -0.2) is 0 Å². The fourth-order valence-electron chi connectivity index (χ4n) is 1.65. The molecule has 2 rings (SSSR count). The van der Waals surface area contributed by atoms with Crippen LogP contribution in [0.1, 0.15) is 10.4 Å². The van der Waals surface area contributed by atoms with Gasteiger partial charge in [0.25, 0.3) is 11.6 Å². The number of hydrogen-bond donors (Lipinski definition) is 2. The summed E-state index contributed by atoms with van der Waals surface area (Å²) in [4.78, 5) is 21.3. The summed E-state index contributed by atoms with van der Waals surface area (Å²) in [5.41, 5.74) is 10.8. The molecule has 0 radical (unpaired) electrons. The Kier molecular flexibility index (Phi) is 3.52. The molecule has 102 valence electrons. The van der Waals surface area contributed by atoms with Crippen molar-refractivity contribution in [2.45, 2.75) is 0 Å². The summed E-state index contributed by atoms with van der Waals surface area (Å²) >= 11 is 0. The standard InChI is InChI=1S/C13H11N3O4/c14-10-7-8(5-6-11(10)16(18)19)20-12-4-2-1-3-9(12)13(15)17/h1-7H,14H2,(H2,15,17). The molecular weight excluding hydrogens is 262 g/mol. The predicted molar refractivity (Wildman–Crippen MR) is 72.5 cm³/mol. The Balaban J connectivity index is 2.34. The van der Waals surface area contributed by atoms with Crippen LogP contribution in [0.15, 0.2) is 42.5 Å². The van der Waals surface area contributed by atoms with Crippen LogP contribution in [-0.4, -0.2) is 10.8 Å². The van der Waals surface area contributed by atoms with E-state index in [-0.39, 0.29) is 28.4 Å². The van der Waals surface area contributed by atoms with Gasteiger partial charge in [-0.3, -0.25) is 14.9 Å². The smallest absolute Gasteiger partial charge is 0.292 e. The van der Waals surface area contributed by atoms with Crippen molar-refractivity contribution in [3.8, 4) is 11.5 Å². The van der Waals surface area contributed by atoms with E-state index in [2.05, 4.69) is 0 Å². The van der Waals surface area contributed by atoms with Crippen LogP contribution in [0.25, 0.3) is 0 Å². The molecular formula is C13H11N3O4. The molecule has 1 amide bonds. The summed E-state index contributed by atoms with van der Waals surface area (Å²) < 4.78 is 5.48. The highest BCUT2D eigenvalue weighted by atomic mass is 16.6. The van der Waals surface area contributed by atoms with Crippen molar-refractivity contribution in [2.24, 2.45) is 5.73 Å². The number of nitrogens with two attached hydrogens (primary N) is 2. The molecule has 7 heteroatoms. The van der Waals surface area contributed by atoms with E-state index in [1.54, 1.807) is 18.2 Å². The van der Waals surface area contributed by atoms with Gasteiger partial charge in [-0.1, -0.05) is 12.1 Å². The second kappa shape index (κ2) is 5.27. The maximum Gasteiger partial charge on any atom is 0.292 e. The van der Waals surface area contributed by atoms with E-state index in [0.29, 0.717) is 0 Å². The minimum absolute atomic E-state index is 0.0240. The number of nitrogens with zero attached hydrogens (tertiary/aromatic N) is 1. The number of nitro groups is 1. The Morgan fingerprint density at radius 2 is 1.90 bits per heavy atom. The fraction of sp³-hybridized carbons (Fsp3) is 0. The SMILES string of the molecule is NC(=O)c1ccccc1Oc1ccc([N+](=O)[O-])c(N)c1. The maximum atomic E-state index is 11.3. The van der Waals surface area contributed by atoms with E-state index in [1.165, 1.54) is 24.3 Å². The third-order valence-corrected chi connectivity index (χ3v) is 2.58. The number of rotatable bonds is 4. The number of ether oxygens (including phenoxy) is 1. The molecule has 0 saturated heterocycles. The van der Waals surface area contributed by atoms with E-state index in [9.17, 15) is 14.9 Å². The number of nitrogen functional groups attached to an aromatic ring is 1. The summed E-state index contributed by atoms with van der Waals surface area (Å²) in [5.74, 6) is -0.0921. The molecule has 2 aromatic carbocycles. The van der Waals surface area contributed by atoms with Gasteiger partial charge in [0.15, 0.2) is 0 Å². The first-order valence-electron chi connectivity index (χ1n) is 5.59. The number of hydrogen-bond acceptors (Lipinski definition) is 5. The molecule has 4 N–H and O–H groups in total. The minimum Gasteiger partial charge on any atom is -0.456 e. The molecule has 0 aliphatic heterocycles. The van der Waals surface area contributed by atoms with Crippen LogP contribution < -0.4 is 16.2 Å². The molecule has 0 atom stereocenters. The second-order valence-corrected chi connectivity index (χ2v) is 3.94. The lowest BCUT2D eigenvalue weighted by Crippen LogP contribution is -2.12. The van der Waals surface area contributed by atoms with E-state index >= 15 is 0 Å². The molecule has 7 nitrogen and oxygen atoms in total. The Morgan fingerprint density at radius 3 is 2.50 bits per heavy atom. The fourth-order valence-corrected chi connectivity index (χ4v) is 1.65. The zero-order valence-electron chi connectivity index (χ0n) is 10.3. The Hall–Kier alpha value is -3.09. The molecule has 0 fully saturated rings. The number of primary amides is 1. The second-order valence-electron chi connectivity index (χ2n) is 3.94. The van der Waals surface area contributed by atoms with Crippen LogP contribution in [-0.2, 0) is 0 Å². The largest absolute Gasteiger partial charge is 0.456 e. The van der Waals surface area contributed by atoms with Gasteiger partial charge >= 0.3 is 0 Å². The van der Waals surface area contributed by atoms with Gasteiger partial charge in [0.1, 0.15) is 17.2 Å². The molecule has 0 spiro atoms. The number of carbonyl (C=O) groups excluding carboxylic acids is 1. The highest BCUT2D eigenvalue weighted by molar-refractivity contribution is 5.95. The average molecular weight is 273 g/mol. The molecule has 0 bridgehead atoms. The zero-order chi connectivity index (χ0) is 14.7. The topological polar surface area (TPSA) is 121 Å². The first-order chi connectivity index (χ1) is 9.49. The summed E-state index contributed by atoms with van der Waals surface area (Å²) in [6, 6.07) is 10.4. The Labute approximate surface area is 113 Å². The summed E-state index contributed by atoms with van der Waals surface area (Å²) in [5, 5.41) is 10.7. The van der Waals surface area contributed by atoms with Crippen molar-refractivity contribution in [1.29, 1.82) is 0 Å². The van der Waals surface area contributed by atoms with Gasteiger partial charge in [-0.05, 0) is 18.2 Å². The molecule has 0 aliphatic carbocycles. The third kappa shape index (κ3) is 2.66. The van der Waals surface area contributed by atoms with Crippen molar-refractivity contribution < 1.29 is 14.5 Å². The summed E-state index contributed by atoms with van der Waals surface area (Å²) in [6.45, 7) is 0. The summed E-state index contributed by atoms with van der Waals surface area (Å²) in [7, 11) is 0. The highest BCUT2D eigenvalue weighted by Crippen LogP contribution is 2.30. The van der Waals surface area contributed by atoms with Crippen LogP contribution in [0.3, 0.4) is 0 Å². The van der Waals surface area contributed by atoms with E-state index in [0.717, 1.165) is 0 Å². The monoisotopic (exact) mass is 273 g/mol. The third-order valence-electron chi connectivity index (χ3n) is 2.58. The number of benzene rings is 2. The molecule has 0 unspecified atom stereocenters. The first-order valence-corrected chi connectivity index (χ1v) is 5.59. The van der Waals surface area contributed by atoms with Crippen molar-refractivity contribution in [3.05, 3.63) is 58.1 Å². The highest BCUT2D eigenvalue weighted by Gasteiger charge is 2.14. The van der Waals surface area contributed by atoms with Crippen LogP contribution in [0.4, 0.5) is 11.4 Å². The minimum atomic E-state index is -0.629. The molecule has 0 heterocycles. The van der Waals surface area contributed by atoms with Crippen molar-refractivity contribution in [2.75, 3.05) is 5.73 Å². The van der Waals surface area contributed by atoms with Gasteiger partial charge in [-0.2, -0.15) is 0 Å². The molecule has 20 heavy (non-hydrogen) atoms. The zero-order valence-corrected chi connectivity index (χ0v) is 10.3. The Bertz CT molecular complexity index is 685. The number of carbonyl (C=O) groups is 1. The number of para-hydroxylation sites is 1. The molecule has 0 aliphatic rings. The van der Waals surface area contributed by atoms with E-state index in [1.807, 2.05) is 0 Å². The lowest BCUT2D eigenvalue weighted by molar-refractivity contribution is -0.383. The molecule has 0 aromatic heterocycles. The normalized spacial score (nSPS) is 10.0. The van der Waals surface area contributed by atoms with Crippen LogP contribution in [0.2, 0.25) is 0 Å². The van der Waals surface area contributed by atoms with Gasteiger partial charge in [-0.15, -0.1) is 0 Å². The summed E-state index contributed by atoms with van der Waals surface area (Å²) in [6.07, 6.45) is 0. The quantitative estimate of drug-likeness (QED) is 0.501. The van der Waals surface area contributed by atoms with Gasteiger partial charge in [0.05, 0.1) is 10.5 Å². The Morgan fingerprint density at radius 1 is 1.20 bits per heavy atom. The molecule has 2 aromatic rings. The first kappa shape index (κ1) is 13.3.